The minimum absolute atomic E-state index is 0.124. The van der Waals surface area contributed by atoms with Crippen molar-refractivity contribution >= 4 is 5.91 Å². The zero-order valence-electron chi connectivity index (χ0n) is 15.6. The highest BCUT2D eigenvalue weighted by Gasteiger charge is 2.28. The van der Waals surface area contributed by atoms with Crippen LogP contribution >= 0.6 is 0 Å². The van der Waals surface area contributed by atoms with Gasteiger partial charge in [0.05, 0.1) is 6.54 Å². The van der Waals surface area contributed by atoms with Crippen LogP contribution in [0.4, 0.5) is 4.39 Å². The fourth-order valence-corrected chi connectivity index (χ4v) is 3.61. The summed E-state index contributed by atoms with van der Waals surface area (Å²) < 4.78 is 13.2. The van der Waals surface area contributed by atoms with Gasteiger partial charge in [-0.2, -0.15) is 0 Å². The second-order valence-electron chi connectivity index (χ2n) is 7.10. The number of likely N-dealkylation sites (tertiary alicyclic amines) is 1. The lowest BCUT2D eigenvalue weighted by molar-refractivity contribution is -0.131. The van der Waals surface area contributed by atoms with Gasteiger partial charge in [-0.05, 0) is 54.6 Å². The molecule has 0 aliphatic carbocycles. The summed E-state index contributed by atoms with van der Waals surface area (Å²) in [7, 11) is 1.86. The number of amides is 1. The molecule has 1 saturated heterocycles. The van der Waals surface area contributed by atoms with Crippen molar-refractivity contribution in [2.24, 2.45) is 0 Å². The number of benzene rings is 2. The van der Waals surface area contributed by atoms with E-state index in [0.717, 1.165) is 36.9 Å². The van der Waals surface area contributed by atoms with Crippen LogP contribution in [-0.4, -0.2) is 35.8 Å². The summed E-state index contributed by atoms with van der Waals surface area (Å²) in [5.41, 5.74) is 3.55. The minimum atomic E-state index is -0.219. The Bertz CT molecular complexity index is 727. The average Bonchev–Trinajstić information content (AvgIpc) is 3.11. The molecule has 1 atom stereocenters. The summed E-state index contributed by atoms with van der Waals surface area (Å²) in [6.07, 6.45) is 3.10. The van der Waals surface area contributed by atoms with Crippen molar-refractivity contribution < 1.29 is 9.18 Å². The van der Waals surface area contributed by atoms with Crippen molar-refractivity contribution in [3.8, 4) is 0 Å². The number of rotatable bonds is 6. The molecule has 2 aromatic rings. The fraction of sp³-hybridized carbons (Fsp3) is 0.409. The van der Waals surface area contributed by atoms with E-state index in [-0.39, 0.29) is 17.8 Å². The number of hydrogen-bond donors (Lipinski definition) is 0. The molecule has 1 aliphatic heterocycles. The molecule has 0 radical (unpaired) electrons. The monoisotopic (exact) mass is 354 g/mol. The Hall–Kier alpha value is -2.20. The van der Waals surface area contributed by atoms with E-state index in [1.807, 2.05) is 19.2 Å². The quantitative estimate of drug-likeness (QED) is 0.777. The molecule has 2 aromatic carbocycles. The molecule has 26 heavy (non-hydrogen) atoms. The van der Waals surface area contributed by atoms with Gasteiger partial charge in [-0.15, -0.1) is 0 Å². The maximum Gasteiger partial charge on any atom is 0.236 e. The fourth-order valence-electron chi connectivity index (χ4n) is 3.61. The van der Waals surface area contributed by atoms with Crippen LogP contribution in [-0.2, 0) is 17.8 Å². The predicted molar refractivity (Wildman–Crippen MR) is 102 cm³/mol. The van der Waals surface area contributed by atoms with Crippen molar-refractivity contribution in [3.63, 3.8) is 0 Å². The largest absolute Gasteiger partial charge is 0.340 e. The van der Waals surface area contributed by atoms with Gasteiger partial charge in [0.1, 0.15) is 5.82 Å². The third-order valence-electron chi connectivity index (χ3n) is 5.23. The standard InChI is InChI=1S/C22H27FN2O/c1-3-17-6-8-18(9-7-17)15-24(2)22(26)16-25-14-4-5-21(25)19-10-12-20(23)13-11-19/h6-13,21H,3-5,14-16H2,1-2H3. The SMILES string of the molecule is CCc1ccc(CN(C)C(=O)CN2CCCC2c2ccc(F)cc2)cc1. The van der Waals surface area contributed by atoms with Gasteiger partial charge in [0.2, 0.25) is 5.91 Å². The lowest BCUT2D eigenvalue weighted by atomic mass is 10.0. The molecule has 3 nitrogen and oxygen atoms in total. The molecule has 0 saturated carbocycles. The molecule has 3 rings (SSSR count). The third kappa shape index (κ3) is 4.50. The van der Waals surface area contributed by atoms with Crippen molar-refractivity contribution in [2.45, 2.75) is 38.8 Å². The summed E-state index contributed by atoms with van der Waals surface area (Å²) >= 11 is 0. The van der Waals surface area contributed by atoms with Crippen molar-refractivity contribution in [2.75, 3.05) is 20.1 Å². The highest BCUT2D eigenvalue weighted by atomic mass is 19.1. The Morgan fingerprint density at radius 1 is 1.12 bits per heavy atom. The van der Waals surface area contributed by atoms with E-state index in [9.17, 15) is 9.18 Å². The molecule has 1 heterocycles. The highest BCUT2D eigenvalue weighted by molar-refractivity contribution is 5.78. The van der Waals surface area contributed by atoms with E-state index in [0.29, 0.717) is 13.1 Å². The number of aryl methyl sites for hydroxylation is 1. The Kier molecular flexibility index (Phi) is 6.04. The zero-order chi connectivity index (χ0) is 18.5. The predicted octanol–water partition coefficient (Wildman–Crippen LogP) is 4.18. The molecule has 0 bridgehead atoms. The van der Waals surface area contributed by atoms with Gasteiger partial charge in [0, 0.05) is 19.6 Å². The van der Waals surface area contributed by atoms with E-state index in [2.05, 4.69) is 36.1 Å². The van der Waals surface area contributed by atoms with Crippen molar-refractivity contribution in [1.29, 1.82) is 0 Å². The Labute approximate surface area is 155 Å². The molecule has 0 aromatic heterocycles. The lowest BCUT2D eigenvalue weighted by Gasteiger charge is -2.27. The lowest BCUT2D eigenvalue weighted by Crippen LogP contribution is -2.37. The third-order valence-corrected chi connectivity index (χ3v) is 5.23. The second-order valence-corrected chi connectivity index (χ2v) is 7.10. The number of halogens is 1. The molecule has 0 N–H and O–H groups in total. The van der Waals surface area contributed by atoms with E-state index >= 15 is 0 Å². The molecular weight excluding hydrogens is 327 g/mol. The summed E-state index contributed by atoms with van der Waals surface area (Å²) in [6.45, 7) is 4.08. The Morgan fingerprint density at radius 2 is 1.77 bits per heavy atom. The van der Waals surface area contributed by atoms with Crippen LogP contribution in [0.2, 0.25) is 0 Å². The topological polar surface area (TPSA) is 23.6 Å². The smallest absolute Gasteiger partial charge is 0.236 e. The van der Waals surface area contributed by atoms with Gasteiger partial charge in [0.15, 0.2) is 0 Å². The summed E-state index contributed by atoms with van der Waals surface area (Å²) in [4.78, 5) is 16.7. The van der Waals surface area contributed by atoms with Gasteiger partial charge in [-0.25, -0.2) is 4.39 Å². The molecule has 0 spiro atoms. The maximum absolute atomic E-state index is 13.2. The van der Waals surface area contributed by atoms with Gasteiger partial charge >= 0.3 is 0 Å². The molecule has 1 amide bonds. The van der Waals surface area contributed by atoms with E-state index in [1.54, 1.807) is 4.90 Å². The number of likely N-dealkylation sites (N-methyl/N-ethyl adjacent to an activating group) is 1. The molecule has 4 heteroatoms. The van der Waals surface area contributed by atoms with Crippen LogP contribution in [0.3, 0.4) is 0 Å². The number of hydrogen-bond acceptors (Lipinski definition) is 2. The Balaban J connectivity index is 1.59. The first-order chi connectivity index (χ1) is 12.6. The highest BCUT2D eigenvalue weighted by Crippen LogP contribution is 2.31. The van der Waals surface area contributed by atoms with Crippen molar-refractivity contribution in [3.05, 3.63) is 71.0 Å². The summed E-state index contributed by atoms with van der Waals surface area (Å²) in [6, 6.07) is 15.3. The minimum Gasteiger partial charge on any atom is -0.340 e. The van der Waals surface area contributed by atoms with E-state index in [4.69, 9.17) is 0 Å². The average molecular weight is 354 g/mol. The van der Waals surface area contributed by atoms with E-state index < -0.39 is 0 Å². The number of carbonyl (C=O) groups excluding carboxylic acids is 1. The van der Waals surface area contributed by atoms with Gasteiger partial charge in [-0.1, -0.05) is 43.3 Å². The van der Waals surface area contributed by atoms with Crippen LogP contribution in [0, 0.1) is 5.82 Å². The molecular formula is C22H27FN2O. The summed E-state index contributed by atoms with van der Waals surface area (Å²) in [5.74, 6) is -0.0956. The van der Waals surface area contributed by atoms with Crippen molar-refractivity contribution in [1.82, 2.24) is 9.80 Å². The second kappa shape index (κ2) is 8.45. The first-order valence-corrected chi connectivity index (χ1v) is 9.38. The normalized spacial score (nSPS) is 17.4. The van der Waals surface area contributed by atoms with Gasteiger partial charge in [0.25, 0.3) is 0 Å². The number of nitrogens with zero attached hydrogens (tertiary/aromatic N) is 2. The van der Waals surface area contributed by atoms with Crippen LogP contribution in [0.25, 0.3) is 0 Å². The first-order valence-electron chi connectivity index (χ1n) is 9.38. The van der Waals surface area contributed by atoms with Crippen LogP contribution in [0.5, 0.6) is 0 Å². The number of carbonyl (C=O) groups is 1. The van der Waals surface area contributed by atoms with Gasteiger partial charge in [-0.3, -0.25) is 9.69 Å². The molecule has 138 valence electrons. The van der Waals surface area contributed by atoms with Crippen LogP contribution in [0.15, 0.2) is 48.5 Å². The molecule has 1 fully saturated rings. The van der Waals surface area contributed by atoms with E-state index in [1.165, 1.54) is 17.7 Å². The molecule has 1 aliphatic rings. The first kappa shape index (κ1) is 18.6. The van der Waals surface area contributed by atoms with Gasteiger partial charge < -0.3 is 4.90 Å². The Morgan fingerprint density at radius 3 is 2.42 bits per heavy atom. The summed E-state index contributed by atoms with van der Waals surface area (Å²) in [5, 5.41) is 0. The van der Waals surface area contributed by atoms with Crippen LogP contribution in [0.1, 0.15) is 42.5 Å². The zero-order valence-corrected chi connectivity index (χ0v) is 15.6. The van der Waals surface area contributed by atoms with Crippen LogP contribution < -0.4 is 0 Å². The molecule has 1 unspecified atom stereocenters. The maximum atomic E-state index is 13.2.